The van der Waals surface area contributed by atoms with Crippen molar-refractivity contribution in [2.75, 3.05) is 19.9 Å². The molecule has 1 aromatic rings. The van der Waals surface area contributed by atoms with Crippen LogP contribution in [0.1, 0.15) is 11.1 Å². The fourth-order valence-electron chi connectivity index (χ4n) is 2.34. The molecular weight excluding hydrogens is 274 g/mol. The van der Waals surface area contributed by atoms with E-state index in [2.05, 4.69) is 10.6 Å². The largest absolute Gasteiger partial charge is 0.478 e. The smallest absolute Gasteiger partial charge is 0.326 e. The van der Waals surface area contributed by atoms with Gasteiger partial charge in [0.2, 0.25) is 0 Å². The Morgan fingerprint density at radius 3 is 2.90 bits per heavy atom. The topological polar surface area (TPSA) is 90.9 Å². The number of benzene rings is 1. The second kappa shape index (κ2) is 5.55. The molecule has 0 saturated carbocycles. The zero-order valence-corrected chi connectivity index (χ0v) is 11.3. The van der Waals surface area contributed by atoms with Gasteiger partial charge in [-0.3, -0.25) is 15.0 Å². The number of hydrogen-bond acceptors (Lipinski definition) is 5. The summed E-state index contributed by atoms with van der Waals surface area (Å²) in [6.07, 6.45) is 1.62. The molecule has 3 rings (SSSR count). The van der Waals surface area contributed by atoms with Crippen LogP contribution in [0.4, 0.5) is 4.79 Å². The Morgan fingerprint density at radius 1 is 1.33 bits per heavy atom. The van der Waals surface area contributed by atoms with E-state index in [-0.39, 0.29) is 12.3 Å². The molecule has 0 aromatic heterocycles. The van der Waals surface area contributed by atoms with Gasteiger partial charge in [0.1, 0.15) is 18.2 Å². The number of amides is 3. The van der Waals surface area contributed by atoms with Gasteiger partial charge >= 0.3 is 6.03 Å². The molecule has 7 heteroatoms. The second-order valence-electron chi connectivity index (χ2n) is 4.88. The molecule has 2 aliphatic rings. The third kappa shape index (κ3) is 2.88. The number of nitrogens with zero attached hydrogens (tertiary/aromatic N) is 1. The summed E-state index contributed by atoms with van der Waals surface area (Å²) in [7, 11) is 0. The predicted molar refractivity (Wildman–Crippen MR) is 74.1 cm³/mol. The number of fused-ring (bicyclic) bond motifs is 1. The van der Waals surface area contributed by atoms with Crippen LogP contribution in [0.25, 0.3) is 6.08 Å². The first kappa shape index (κ1) is 13.6. The molecule has 1 saturated heterocycles. The van der Waals surface area contributed by atoms with Crippen LogP contribution in [0, 0.1) is 0 Å². The molecule has 3 amide bonds. The maximum Gasteiger partial charge on any atom is 0.326 e. The number of hydrogen-bond donors (Lipinski definition) is 3. The quantitative estimate of drug-likeness (QED) is 0.539. The number of urea groups is 1. The maximum absolute atomic E-state index is 11.5. The first-order valence-corrected chi connectivity index (χ1v) is 6.58. The van der Waals surface area contributed by atoms with Crippen LogP contribution in [0.5, 0.6) is 5.75 Å². The van der Waals surface area contributed by atoms with Gasteiger partial charge in [-0.05, 0) is 23.8 Å². The lowest BCUT2D eigenvalue weighted by atomic mass is 10.1. The summed E-state index contributed by atoms with van der Waals surface area (Å²) in [5.41, 5.74) is 2.01. The van der Waals surface area contributed by atoms with Crippen molar-refractivity contribution in [1.29, 1.82) is 0 Å². The van der Waals surface area contributed by atoms with Crippen molar-refractivity contribution in [3.05, 3.63) is 35.0 Å². The second-order valence-corrected chi connectivity index (χ2v) is 4.88. The number of carbonyl (C=O) groups is 2. The Balaban J connectivity index is 1.83. The lowest BCUT2D eigenvalue weighted by molar-refractivity contribution is -0.115. The summed E-state index contributed by atoms with van der Waals surface area (Å²) in [4.78, 5) is 24.5. The third-order valence-electron chi connectivity index (χ3n) is 3.33. The fraction of sp³-hybridized carbons (Fsp3) is 0.286. The van der Waals surface area contributed by atoms with E-state index in [0.717, 1.165) is 16.9 Å². The summed E-state index contributed by atoms with van der Waals surface area (Å²) >= 11 is 0. The number of imide groups is 1. The van der Waals surface area contributed by atoms with Gasteiger partial charge in [0, 0.05) is 18.7 Å². The summed E-state index contributed by atoms with van der Waals surface area (Å²) in [6.45, 7) is 1.75. The van der Waals surface area contributed by atoms with Crippen LogP contribution in [0.15, 0.2) is 23.9 Å². The summed E-state index contributed by atoms with van der Waals surface area (Å²) in [5.74, 6) is 0.363. The number of ether oxygens (including phenoxy) is 1. The highest BCUT2D eigenvalue weighted by Crippen LogP contribution is 2.26. The molecule has 110 valence electrons. The van der Waals surface area contributed by atoms with E-state index in [9.17, 15) is 9.59 Å². The first-order chi connectivity index (χ1) is 10.2. The predicted octanol–water partition coefficient (Wildman–Crippen LogP) is 0.0111. The maximum atomic E-state index is 11.5. The minimum absolute atomic E-state index is 0.0780. The number of carbonyl (C=O) groups excluding carboxylic acids is 2. The normalized spacial score (nSPS) is 20.0. The van der Waals surface area contributed by atoms with E-state index in [1.54, 1.807) is 6.08 Å². The Hall–Kier alpha value is -2.38. The molecule has 21 heavy (non-hydrogen) atoms. The first-order valence-electron chi connectivity index (χ1n) is 6.58. The van der Waals surface area contributed by atoms with Gasteiger partial charge in [0.15, 0.2) is 0 Å². The molecule has 0 bridgehead atoms. The Bertz CT molecular complexity index is 627. The van der Waals surface area contributed by atoms with Crippen molar-refractivity contribution >= 4 is 18.0 Å². The van der Waals surface area contributed by atoms with E-state index < -0.39 is 11.9 Å². The number of aliphatic hydroxyl groups is 1. The Labute approximate surface area is 121 Å². The standard InChI is InChI=1S/C14H15N3O4/c18-4-3-17-7-10-5-9(1-2-12(10)21-8-17)6-11-13(19)16-14(20)15-11/h1-2,5-6,18H,3-4,7-8H2,(H2,15,16,19,20)/b11-6-. The highest BCUT2D eigenvalue weighted by molar-refractivity contribution is 6.13. The molecule has 0 spiro atoms. The van der Waals surface area contributed by atoms with Crippen molar-refractivity contribution in [1.82, 2.24) is 15.5 Å². The molecule has 1 fully saturated rings. The average molecular weight is 289 g/mol. The molecule has 2 aliphatic heterocycles. The summed E-state index contributed by atoms with van der Waals surface area (Å²) in [5, 5.41) is 13.6. The van der Waals surface area contributed by atoms with E-state index >= 15 is 0 Å². The molecule has 2 heterocycles. The van der Waals surface area contributed by atoms with Crippen molar-refractivity contribution in [3.8, 4) is 5.75 Å². The van der Waals surface area contributed by atoms with Crippen LogP contribution < -0.4 is 15.4 Å². The molecule has 0 aliphatic carbocycles. The van der Waals surface area contributed by atoms with Gasteiger partial charge in [-0.2, -0.15) is 0 Å². The molecule has 7 nitrogen and oxygen atoms in total. The minimum Gasteiger partial charge on any atom is -0.478 e. The zero-order chi connectivity index (χ0) is 14.8. The molecular formula is C14H15N3O4. The zero-order valence-electron chi connectivity index (χ0n) is 11.3. The van der Waals surface area contributed by atoms with Crippen LogP contribution in [-0.2, 0) is 11.3 Å². The summed E-state index contributed by atoms with van der Waals surface area (Å²) < 4.78 is 5.60. The minimum atomic E-state index is -0.512. The van der Waals surface area contributed by atoms with Crippen molar-refractivity contribution in [2.45, 2.75) is 6.54 Å². The van der Waals surface area contributed by atoms with Gasteiger partial charge in [0.05, 0.1) is 6.61 Å². The monoisotopic (exact) mass is 289 g/mol. The van der Waals surface area contributed by atoms with Gasteiger partial charge in [-0.15, -0.1) is 0 Å². The van der Waals surface area contributed by atoms with E-state index in [1.165, 1.54) is 0 Å². The van der Waals surface area contributed by atoms with Gasteiger partial charge in [0.25, 0.3) is 5.91 Å². The molecule has 0 radical (unpaired) electrons. The summed E-state index contributed by atoms with van der Waals surface area (Å²) in [6, 6.07) is 5.06. The SMILES string of the molecule is O=C1NC(=O)/C(=C/c2ccc3c(c2)CN(CCO)CO3)N1. The van der Waals surface area contributed by atoms with Crippen molar-refractivity contribution < 1.29 is 19.4 Å². The Morgan fingerprint density at radius 2 is 2.19 bits per heavy atom. The van der Waals surface area contributed by atoms with Crippen LogP contribution in [0.2, 0.25) is 0 Å². The van der Waals surface area contributed by atoms with Gasteiger partial charge in [-0.1, -0.05) is 6.07 Å². The molecule has 3 N–H and O–H groups in total. The number of aliphatic hydroxyl groups excluding tert-OH is 1. The van der Waals surface area contributed by atoms with E-state index in [0.29, 0.717) is 19.8 Å². The van der Waals surface area contributed by atoms with Crippen molar-refractivity contribution in [2.24, 2.45) is 0 Å². The van der Waals surface area contributed by atoms with Crippen molar-refractivity contribution in [3.63, 3.8) is 0 Å². The number of β-amino-alcohol motifs (C(OH)–C–C–N with tert-alkyl or cyclic N) is 1. The van der Waals surface area contributed by atoms with Gasteiger partial charge in [-0.25, -0.2) is 4.79 Å². The number of rotatable bonds is 3. The number of nitrogens with one attached hydrogen (secondary N) is 2. The van der Waals surface area contributed by atoms with Gasteiger partial charge < -0.3 is 15.2 Å². The lowest BCUT2D eigenvalue weighted by Gasteiger charge is -2.28. The average Bonchev–Trinajstić information content (AvgIpc) is 2.77. The highest BCUT2D eigenvalue weighted by Gasteiger charge is 2.23. The van der Waals surface area contributed by atoms with Crippen LogP contribution in [0.3, 0.4) is 0 Å². The van der Waals surface area contributed by atoms with Crippen LogP contribution >= 0.6 is 0 Å². The molecule has 1 aromatic carbocycles. The highest BCUT2D eigenvalue weighted by atomic mass is 16.5. The Kier molecular flexibility index (Phi) is 3.59. The fourth-order valence-corrected chi connectivity index (χ4v) is 2.34. The lowest BCUT2D eigenvalue weighted by Crippen LogP contribution is -2.34. The third-order valence-corrected chi connectivity index (χ3v) is 3.33. The molecule has 0 atom stereocenters. The van der Waals surface area contributed by atoms with Crippen LogP contribution in [-0.4, -0.2) is 41.8 Å². The van der Waals surface area contributed by atoms with E-state index in [1.807, 2.05) is 23.1 Å². The van der Waals surface area contributed by atoms with E-state index in [4.69, 9.17) is 9.84 Å². The molecule has 0 unspecified atom stereocenters.